The van der Waals surface area contributed by atoms with Gasteiger partial charge in [0.25, 0.3) is 11.7 Å². The van der Waals surface area contributed by atoms with E-state index in [-0.39, 0.29) is 18.1 Å². The maximum Gasteiger partial charge on any atom is 0.416 e. The Kier molecular flexibility index (Phi) is 6.18. The third-order valence-electron chi connectivity index (χ3n) is 5.40. The average molecular weight is 473 g/mol. The van der Waals surface area contributed by atoms with Crippen molar-refractivity contribution in [3.63, 3.8) is 0 Å². The number of nitrogen functional groups attached to an aromatic ring is 1. The number of alkyl halides is 3. The second-order valence-corrected chi connectivity index (χ2v) is 7.54. The second kappa shape index (κ2) is 9.08. The summed E-state index contributed by atoms with van der Waals surface area (Å²) in [7, 11) is 0. The zero-order valence-electron chi connectivity index (χ0n) is 18.1. The van der Waals surface area contributed by atoms with E-state index in [4.69, 9.17) is 5.73 Å². The molecule has 176 valence electrons. The van der Waals surface area contributed by atoms with E-state index in [1.807, 2.05) is 34.9 Å². The minimum atomic E-state index is -4.50. The first-order valence-corrected chi connectivity index (χ1v) is 10.4. The number of amides is 1. The lowest BCUT2D eigenvalue weighted by atomic mass is 10.2. The molecule has 2 aromatic heterocycles. The summed E-state index contributed by atoms with van der Waals surface area (Å²) in [4.78, 5) is 19.7. The van der Waals surface area contributed by atoms with Gasteiger partial charge in [0.1, 0.15) is 13.1 Å². The Morgan fingerprint density at radius 1 is 1.18 bits per heavy atom. The van der Waals surface area contributed by atoms with Gasteiger partial charge in [-0.2, -0.15) is 17.6 Å². The molecule has 2 aromatic carbocycles. The summed E-state index contributed by atoms with van der Waals surface area (Å²) in [5.41, 5.74) is 6.39. The predicted octanol–water partition coefficient (Wildman–Crippen LogP) is 3.46. The molecule has 4 rings (SSSR count). The third kappa shape index (κ3) is 4.54. The van der Waals surface area contributed by atoms with Crippen molar-refractivity contribution < 1.29 is 26.9 Å². The summed E-state index contributed by atoms with van der Waals surface area (Å²) in [6.45, 7) is 2.45. The zero-order chi connectivity index (χ0) is 24.5. The highest BCUT2D eigenvalue weighted by Gasteiger charge is 2.33. The standard InChI is InChI=1S/C23H20F4N6O/c1-2-32-17-10-15(23(25,26)27)8-9-16(17)33(13-14-6-4-3-5-7-14)19(32)12-30-22(34)20-21(28)29-11-18(24)31-20/h3-11H,2,12-13H2,1H3,(H2-,28,29,30,34)/p+1. The van der Waals surface area contributed by atoms with Crippen LogP contribution in [0.5, 0.6) is 0 Å². The van der Waals surface area contributed by atoms with Crippen LogP contribution in [0.2, 0.25) is 0 Å². The van der Waals surface area contributed by atoms with Crippen LogP contribution in [0.3, 0.4) is 0 Å². The smallest absolute Gasteiger partial charge is 0.382 e. The lowest BCUT2D eigenvalue weighted by Crippen LogP contribution is -2.41. The molecule has 0 saturated carbocycles. The van der Waals surface area contributed by atoms with Crippen LogP contribution in [0.1, 0.15) is 34.4 Å². The number of hydrogen-bond acceptors (Lipinski definition) is 4. The number of hydrogen-bond donors (Lipinski definition) is 2. The van der Waals surface area contributed by atoms with E-state index in [1.54, 1.807) is 11.5 Å². The quantitative estimate of drug-likeness (QED) is 0.332. The van der Waals surface area contributed by atoms with Crippen LogP contribution >= 0.6 is 0 Å². The molecule has 0 radical (unpaired) electrons. The molecule has 0 aliphatic rings. The number of halogens is 4. The molecule has 0 aliphatic heterocycles. The molecule has 7 nitrogen and oxygen atoms in total. The lowest BCUT2D eigenvalue weighted by Gasteiger charge is -2.08. The van der Waals surface area contributed by atoms with Crippen LogP contribution in [0.25, 0.3) is 11.0 Å². The molecule has 0 bridgehead atoms. The highest BCUT2D eigenvalue weighted by atomic mass is 19.4. The number of benzene rings is 2. The molecule has 0 unspecified atom stereocenters. The van der Waals surface area contributed by atoms with E-state index in [0.29, 0.717) is 29.9 Å². The molecule has 0 spiro atoms. The predicted molar refractivity (Wildman–Crippen MR) is 116 cm³/mol. The Labute approximate surface area is 191 Å². The first-order valence-electron chi connectivity index (χ1n) is 10.4. The fourth-order valence-corrected chi connectivity index (χ4v) is 3.84. The minimum Gasteiger partial charge on any atom is -0.382 e. The Morgan fingerprint density at radius 2 is 1.91 bits per heavy atom. The summed E-state index contributed by atoms with van der Waals surface area (Å²) in [6.07, 6.45) is -3.70. The molecule has 2 heterocycles. The van der Waals surface area contributed by atoms with E-state index in [1.165, 1.54) is 6.07 Å². The minimum absolute atomic E-state index is 0.0623. The van der Waals surface area contributed by atoms with Crippen LogP contribution in [0, 0.1) is 5.95 Å². The van der Waals surface area contributed by atoms with E-state index in [0.717, 1.165) is 23.9 Å². The number of aryl methyl sites for hydroxylation is 1. The van der Waals surface area contributed by atoms with Gasteiger partial charge in [0, 0.05) is 6.07 Å². The van der Waals surface area contributed by atoms with Gasteiger partial charge in [-0.05, 0) is 24.6 Å². The maximum atomic E-state index is 13.5. The Hall–Kier alpha value is -4.02. The van der Waals surface area contributed by atoms with Crippen molar-refractivity contribution in [1.29, 1.82) is 0 Å². The van der Waals surface area contributed by atoms with Crippen molar-refractivity contribution in [2.75, 3.05) is 5.73 Å². The van der Waals surface area contributed by atoms with Crippen molar-refractivity contribution >= 4 is 22.8 Å². The number of carbonyl (C=O) groups is 1. The number of rotatable bonds is 6. The number of nitrogens with zero attached hydrogens (tertiary/aromatic N) is 4. The summed E-state index contributed by atoms with van der Waals surface area (Å²) < 4.78 is 57.2. The fourth-order valence-electron chi connectivity index (χ4n) is 3.84. The summed E-state index contributed by atoms with van der Waals surface area (Å²) in [5, 5.41) is 2.64. The summed E-state index contributed by atoms with van der Waals surface area (Å²) >= 11 is 0. The highest BCUT2D eigenvalue weighted by Crippen LogP contribution is 2.31. The monoisotopic (exact) mass is 473 g/mol. The molecule has 34 heavy (non-hydrogen) atoms. The van der Waals surface area contributed by atoms with Crippen molar-refractivity contribution in [3.8, 4) is 0 Å². The number of nitrogens with one attached hydrogen (secondary N) is 1. The van der Waals surface area contributed by atoms with E-state index >= 15 is 0 Å². The average Bonchev–Trinajstić information content (AvgIpc) is 3.10. The zero-order valence-corrected chi connectivity index (χ0v) is 18.1. The maximum absolute atomic E-state index is 13.5. The largest absolute Gasteiger partial charge is 0.416 e. The van der Waals surface area contributed by atoms with Crippen LogP contribution in [-0.2, 0) is 25.8 Å². The summed E-state index contributed by atoms with van der Waals surface area (Å²) in [6, 6.07) is 13.0. The lowest BCUT2D eigenvalue weighted by molar-refractivity contribution is -0.671. The summed E-state index contributed by atoms with van der Waals surface area (Å²) in [5.74, 6) is -1.39. The number of imidazole rings is 1. The van der Waals surface area contributed by atoms with Crippen molar-refractivity contribution in [1.82, 2.24) is 19.9 Å². The van der Waals surface area contributed by atoms with E-state index in [2.05, 4.69) is 15.3 Å². The number of fused-ring (bicyclic) bond motifs is 1. The van der Waals surface area contributed by atoms with Gasteiger partial charge in [-0.1, -0.05) is 30.3 Å². The first kappa shape index (κ1) is 23.1. The van der Waals surface area contributed by atoms with Crippen molar-refractivity contribution in [3.05, 3.63) is 83.3 Å². The molecule has 3 N–H and O–H groups in total. The molecular formula is C23H21F4N6O+. The Morgan fingerprint density at radius 3 is 2.59 bits per heavy atom. The molecule has 0 fully saturated rings. The molecule has 4 aromatic rings. The second-order valence-electron chi connectivity index (χ2n) is 7.54. The highest BCUT2D eigenvalue weighted by molar-refractivity contribution is 5.96. The van der Waals surface area contributed by atoms with Gasteiger partial charge >= 0.3 is 6.18 Å². The Bertz CT molecular complexity index is 1350. The number of aromatic nitrogens is 4. The normalized spacial score (nSPS) is 11.7. The van der Waals surface area contributed by atoms with E-state index in [9.17, 15) is 22.4 Å². The number of anilines is 1. The van der Waals surface area contributed by atoms with Crippen LogP contribution in [-0.4, -0.2) is 20.4 Å². The fraction of sp³-hybridized carbons (Fsp3) is 0.217. The number of carbonyl (C=O) groups excluding carboxylic acids is 1. The molecule has 0 atom stereocenters. The van der Waals surface area contributed by atoms with Gasteiger partial charge in [-0.3, -0.25) is 4.79 Å². The molecule has 11 heteroatoms. The van der Waals surface area contributed by atoms with Crippen molar-refractivity contribution in [2.24, 2.45) is 0 Å². The molecule has 1 amide bonds. The molecule has 0 aliphatic carbocycles. The molecule has 0 saturated heterocycles. The SMILES string of the molecule is CCn1c(CNC(=O)c2nc(F)cnc2N)[n+](Cc2ccccc2)c2ccc(C(F)(F)F)cc21. The first-order chi connectivity index (χ1) is 16.2. The van der Waals surface area contributed by atoms with Gasteiger partial charge in [-0.25, -0.2) is 19.1 Å². The van der Waals surface area contributed by atoms with Gasteiger partial charge in [0.15, 0.2) is 22.5 Å². The van der Waals surface area contributed by atoms with Crippen molar-refractivity contribution in [2.45, 2.75) is 32.7 Å². The molecular weight excluding hydrogens is 452 g/mol. The third-order valence-corrected chi connectivity index (χ3v) is 5.40. The number of nitrogens with two attached hydrogens (primary N) is 1. The van der Waals surface area contributed by atoms with Gasteiger partial charge in [-0.15, -0.1) is 0 Å². The topological polar surface area (TPSA) is 89.7 Å². The van der Waals surface area contributed by atoms with Gasteiger partial charge in [0.2, 0.25) is 5.95 Å². The Balaban J connectivity index is 1.78. The van der Waals surface area contributed by atoms with E-state index < -0.39 is 23.6 Å². The van der Waals surface area contributed by atoms with Gasteiger partial charge < -0.3 is 11.1 Å². The van der Waals surface area contributed by atoms with Crippen LogP contribution in [0.4, 0.5) is 23.4 Å². The van der Waals surface area contributed by atoms with Crippen LogP contribution < -0.4 is 15.6 Å². The van der Waals surface area contributed by atoms with Crippen LogP contribution in [0.15, 0.2) is 54.7 Å². The van der Waals surface area contributed by atoms with Gasteiger partial charge in [0.05, 0.1) is 18.3 Å².